The first-order valence-corrected chi connectivity index (χ1v) is 12.8. The average Bonchev–Trinajstić information content (AvgIpc) is 2.95. The Hall–Kier alpha value is -3.74. The van der Waals surface area contributed by atoms with Crippen molar-refractivity contribution in [2.45, 2.75) is 75.3 Å². The van der Waals surface area contributed by atoms with Crippen molar-refractivity contribution in [1.29, 1.82) is 0 Å². The van der Waals surface area contributed by atoms with Crippen LogP contribution in [0.15, 0.2) is 30.6 Å². The minimum absolute atomic E-state index is 0.134. The van der Waals surface area contributed by atoms with Gasteiger partial charge < -0.3 is 68.6 Å². The maximum absolute atomic E-state index is 13.2. The van der Waals surface area contributed by atoms with E-state index >= 15 is 0 Å². The lowest BCUT2D eigenvalue weighted by Crippen LogP contribution is -2.58. The minimum Gasteiger partial charge on any atom is -0.504 e. The standard InChI is InChI=1S/C26H26O16/c1-5-13(28)16(31)18(33)25(37-5)39-10-4-8-11-12-7(23(35)40-21(11)15(10)30)3-9(27)20(22(12)41-24(8)36)42-26-19(34)17(32)14(29)6(2)38-26/h3-6,13-14,16-19,25-34H,1-2H3/t5-,6-,13-,14-,16+,17+,18+,19+,25-,26-/m0/s1. The van der Waals surface area contributed by atoms with E-state index in [1.807, 2.05) is 0 Å². The highest BCUT2D eigenvalue weighted by Gasteiger charge is 2.45. The Bertz CT molecular complexity index is 1780. The predicted molar refractivity (Wildman–Crippen MR) is 137 cm³/mol. The second kappa shape index (κ2) is 9.92. The molecule has 8 N–H and O–H groups in total. The highest BCUT2D eigenvalue weighted by Crippen LogP contribution is 2.46. The van der Waals surface area contributed by atoms with E-state index in [0.717, 1.165) is 12.1 Å². The molecule has 4 heterocycles. The summed E-state index contributed by atoms with van der Waals surface area (Å²) in [5.74, 6) is -2.60. The monoisotopic (exact) mass is 594 g/mol. The maximum atomic E-state index is 13.2. The number of hydrogen-bond acceptors (Lipinski definition) is 16. The zero-order chi connectivity index (χ0) is 30.4. The normalized spacial score (nSPS) is 33.9. The van der Waals surface area contributed by atoms with Crippen LogP contribution in [0.1, 0.15) is 13.8 Å². The molecule has 2 aliphatic rings. The fraction of sp³-hybridized carbons (Fsp3) is 0.462. The Morgan fingerprint density at radius 1 is 0.643 bits per heavy atom. The van der Waals surface area contributed by atoms with E-state index in [2.05, 4.69) is 0 Å². The van der Waals surface area contributed by atoms with Crippen LogP contribution in [0.2, 0.25) is 0 Å². The third kappa shape index (κ3) is 4.15. The second-order valence-electron chi connectivity index (χ2n) is 10.3. The molecular formula is C26H26O16. The summed E-state index contributed by atoms with van der Waals surface area (Å²) in [6, 6.07) is 1.95. The molecule has 0 amide bonds. The molecular weight excluding hydrogens is 568 g/mol. The predicted octanol–water partition coefficient (Wildman–Crippen LogP) is -1.69. The largest absolute Gasteiger partial charge is 0.504 e. The van der Waals surface area contributed by atoms with Crippen molar-refractivity contribution in [3.05, 3.63) is 33.0 Å². The highest BCUT2D eigenvalue weighted by atomic mass is 16.7. The fourth-order valence-corrected chi connectivity index (χ4v) is 5.23. The van der Waals surface area contributed by atoms with E-state index < -0.39 is 107 Å². The first-order valence-electron chi connectivity index (χ1n) is 12.8. The lowest BCUT2D eigenvalue weighted by Gasteiger charge is -2.39. The zero-order valence-electron chi connectivity index (χ0n) is 21.8. The summed E-state index contributed by atoms with van der Waals surface area (Å²) in [5, 5.41) is 81.7. The van der Waals surface area contributed by atoms with E-state index in [4.69, 9.17) is 27.8 Å². The number of aromatic hydroxyl groups is 2. The quantitative estimate of drug-likeness (QED) is 0.0968. The number of aliphatic hydroxyl groups excluding tert-OH is 6. The van der Waals surface area contributed by atoms with Crippen molar-refractivity contribution < 1.29 is 68.6 Å². The molecule has 2 aromatic heterocycles. The van der Waals surface area contributed by atoms with Gasteiger partial charge in [-0.3, -0.25) is 0 Å². The summed E-state index contributed by atoms with van der Waals surface area (Å²) in [6.07, 6.45) is -15.1. The SMILES string of the molecule is C[C@@H]1O[C@@H](Oc2cc3c(=O)oc4c(O[C@@H]5O[C@@H](C)[C@H](O)[C@@H](O)[C@H]5O)c(O)cc5c(=O)oc(c2O)c3c45)[C@H](O)[C@H](O)[C@H]1O. The van der Waals surface area contributed by atoms with E-state index in [0.29, 0.717) is 0 Å². The first kappa shape index (κ1) is 28.4. The van der Waals surface area contributed by atoms with Gasteiger partial charge in [0.05, 0.1) is 23.0 Å². The van der Waals surface area contributed by atoms with Crippen LogP contribution in [0.5, 0.6) is 23.0 Å². The van der Waals surface area contributed by atoms with Crippen molar-refractivity contribution in [1.82, 2.24) is 0 Å². The number of phenolic OH excluding ortho intramolecular Hbond substituents is 2. The highest BCUT2D eigenvalue weighted by molar-refractivity contribution is 6.22. The third-order valence-corrected chi connectivity index (χ3v) is 7.61. The molecule has 0 bridgehead atoms. The number of ether oxygens (including phenoxy) is 4. The van der Waals surface area contributed by atoms with Crippen molar-refractivity contribution >= 4 is 32.7 Å². The van der Waals surface area contributed by atoms with Crippen LogP contribution in [0, 0.1) is 0 Å². The molecule has 10 atom stereocenters. The van der Waals surface area contributed by atoms with Gasteiger partial charge in [-0.15, -0.1) is 0 Å². The van der Waals surface area contributed by atoms with E-state index in [9.17, 15) is 50.4 Å². The van der Waals surface area contributed by atoms with E-state index in [1.54, 1.807) is 0 Å². The number of hydrogen-bond donors (Lipinski definition) is 8. The first-order chi connectivity index (χ1) is 19.8. The van der Waals surface area contributed by atoms with Crippen LogP contribution >= 0.6 is 0 Å². The van der Waals surface area contributed by atoms with Crippen molar-refractivity contribution in [3.8, 4) is 23.0 Å². The molecule has 16 nitrogen and oxygen atoms in total. The summed E-state index contributed by atoms with van der Waals surface area (Å²) in [7, 11) is 0. The summed E-state index contributed by atoms with van der Waals surface area (Å²) in [4.78, 5) is 26.2. The molecule has 2 fully saturated rings. The van der Waals surface area contributed by atoms with Gasteiger partial charge in [0.15, 0.2) is 22.7 Å². The van der Waals surface area contributed by atoms with Gasteiger partial charge in [-0.1, -0.05) is 0 Å². The third-order valence-electron chi connectivity index (χ3n) is 7.61. The molecule has 0 unspecified atom stereocenters. The van der Waals surface area contributed by atoms with Crippen molar-refractivity contribution in [2.75, 3.05) is 0 Å². The molecule has 0 saturated carbocycles. The van der Waals surface area contributed by atoms with Gasteiger partial charge in [0, 0.05) is 10.8 Å². The van der Waals surface area contributed by atoms with Crippen molar-refractivity contribution in [2.24, 2.45) is 0 Å². The van der Waals surface area contributed by atoms with E-state index in [-0.39, 0.29) is 21.5 Å². The molecule has 6 rings (SSSR count). The van der Waals surface area contributed by atoms with Gasteiger partial charge in [0.1, 0.15) is 36.6 Å². The van der Waals surface area contributed by atoms with Gasteiger partial charge in [-0.25, -0.2) is 9.59 Å². The van der Waals surface area contributed by atoms with Crippen LogP contribution in [-0.2, 0) is 9.47 Å². The van der Waals surface area contributed by atoms with Crippen LogP contribution in [0.25, 0.3) is 32.7 Å². The molecule has 2 saturated heterocycles. The smallest absolute Gasteiger partial charge is 0.344 e. The minimum atomic E-state index is -1.80. The Kier molecular flexibility index (Phi) is 6.71. The zero-order valence-corrected chi connectivity index (χ0v) is 21.8. The van der Waals surface area contributed by atoms with Gasteiger partial charge in [-0.2, -0.15) is 0 Å². The molecule has 16 heteroatoms. The molecule has 226 valence electrons. The summed E-state index contributed by atoms with van der Waals surface area (Å²) in [6.45, 7) is 2.80. The molecule has 0 spiro atoms. The number of benzene rings is 2. The summed E-state index contributed by atoms with van der Waals surface area (Å²) >= 11 is 0. The molecule has 2 aromatic carbocycles. The van der Waals surface area contributed by atoms with Gasteiger partial charge in [-0.05, 0) is 26.0 Å². The lowest BCUT2D eigenvalue weighted by molar-refractivity contribution is -0.268. The van der Waals surface area contributed by atoms with Gasteiger partial charge in [0.25, 0.3) is 0 Å². The average molecular weight is 594 g/mol. The lowest BCUT2D eigenvalue weighted by atomic mass is 9.99. The summed E-state index contributed by atoms with van der Waals surface area (Å²) < 4.78 is 32.6. The maximum Gasteiger partial charge on any atom is 0.344 e. The van der Waals surface area contributed by atoms with E-state index in [1.165, 1.54) is 13.8 Å². The number of aliphatic hydroxyl groups is 6. The van der Waals surface area contributed by atoms with Crippen LogP contribution in [0.4, 0.5) is 0 Å². The number of phenols is 2. The molecule has 2 aliphatic heterocycles. The topological polar surface area (TPSA) is 259 Å². The molecule has 0 aliphatic carbocycles. The van der Waals surface area contributed by atoms with Gasteiger partial charge in [0.2, 0.25) is 24.1 Å². The van der Waals surface area contributed by atoms with Gasteiger partial charge >= 0.3 is 11.3 Å². The summed E-state index contributed by atoms with van der Waals surface area (Å²) in [5.41, 5.74) is -3.21. The van der Waals surface area contributed by atoms with Crippen LogP contribution in [0.3, 0.4) is 0 Å². The second-order valence-corrected chi connectivity index (χ2v) is 10.3. The molecule has 0 radical (unpaired) electrons. The van der Waals surface area contributed by atoms with Crippen molar-refractivity contribution in [3.63, 3.8) is 0 Å². The fourth-order valence-electron chi connectivity index (χ4n) is 5.23. The Morgan fingerprint density at radius 2 is 1.12 bits per heavy atom. The van der Waals surface area contributed by atoms with Crippen LogP contribution in [-0.4, -0.2) is 102 Å². The Balaban J connectivity index is 1.51. The molecule has 4 aromatic rings. The Morgan fingerprint density at radius 3 is 1.69 bits per heavy atom. The number of rotatable bonds is 4. The molecule has 42 heavy (non-hydrogen) atoms. The van der Waals surface area contributed by atoms with Crippen LogP contribution < -0.4 is 20.7 Å². The Labute approximate surface area is 233 Å².